The predicted molar refractivity (Wildman–Crippen MR) is 19.1 cm³/mol. The molecule has 56 valence electrons. The van der Waals surface area contributed by atoms with Gasteiger partial charge in [-0.2, -0.15) is 0 Å². The van der Waals surface area contributed by atoms with Crippen molar-refractivity contribution >= 4 is 0 Å². The van der Waals surface area contributed by atoms with Gasteiger partial charge in [-0.3, -0.25) is 0 Å². The van der Waals surface area contributed by atoms with E-state index in [2.05, 4.69) is 0 Å². The first-order valence-electron chi connectivity index (χ1n) is 1.11. The fourth-order valence-corrected chi connectivity index (χ4v) is 0. The third-order valence-corrected chi connectivity index (χ3v) is 0. The zero-order chi connectivity index (χ0) is 7.15. The van der Waals surface area contributed by atoms with Crippen molar-refractivity contribution in [3.63, 3.8) is 0 Å². The summed E-state index contributed by atoms with van der Waals surface area (Å²) in [6.45, 7) is 0. The van der Waals surface area contributed by atoms with E-state index in [1.165, 1.54) is 0 Å². The summed E-state index contributed by atoms with van der Waals surface area (Å²) in [4.78, 5) is 16.6. The number of hydrogen-bond acceptors (Lipinski definition) is 5. The van der Waals surface area contributed by atoms with Crippen LogP contribution < -0.4 is 0 Å². The molecule has 0 saturated heterocycles. The second-order valence-corrected chi connectivity index (χ2v) is 0.461. The van der Waals surface area contributed by atoms with Crippen LogP contribution in [0.5, 0.6) is 0 Å². The largest absolute Gasteiger partial charge is 2.00 e. The van der Waals surface area contributed by atoms with Gasteiger partial charge >= 0.3 is 20.4 Å². The molecular weight excluding hydrogens is 230 g/mol. The summed E-state index contributed by atoms with van der Waals surface area (Å²) in [5.74, 6) is 0. The van der Waals surface area contributed by atoms with Crippen LogP contribution in [0.25, 0.3) is 0 Å². The van der Waals surface area contributed by atoms with Crippen LogP contribution in [-0.2, 0) is 20.4 Å². The first kappa shape index (κ1) is 15.7. The Hall–Kier alpha value is -0.938. The minimum absolute atomic E-state index is 0. The van der Waals surface area contributed by atoms with Crippen LogP contribution in [0.4, 0.5) is 0 Å². The van der Waals surface area contributed by atoms with Gasteiger partial charge in [-0.1, -0.05) is 0 Å². The molecule has 0 saturated carbocycles. The van der Waals surface area contributed by atoms with Crippen molar-refractivity contribution in [1.82, 2.24) is 0 Å². The molecule has 0 aliphatic rings. The molecule has 0 radical (unpaired) electrons. The number of rotatable bonds is 0. The summed E-state index contributed by atoms with van der Waals surface area (Å²) in [6, 6.07) is 0. The molecule has 0 aliphatic heterocycles. The molecule has 9 heteroatoms. The number of nitrogens with zero attached hydrogens (tertiary/aromatic N) is 2. The summed E-state index contributed by atoms with van der Waals surface area (Å²) in [6.07, 6.45) is 0. The van der Waals surface area contributed by atoms with Gasteiger partial charge in [0, 0.05) is 0 Å². The molecule has 0 bridgehead atoms. The summed E-state index contributed by atoms with van der Waals surface area (Å²) in [7, 11) is 0. The molecule has 0 unspecified atom stereocenters. The molecule has 0 aromatic heterocycles. The van der Waals surface area contributed by atoms with Gasteiger partial charge in [0.05, 0.1) is 5.09 Å². The van der Waals surface area contributed by atoms with Gasteiger partial charge in [-0.25, -0.2) is 0 Å². The maximum atomic E-state index is 8.36. The molecule has 0 rings (SSSR count). The maximum Gasteiger partial charge on any atom is 2.00 e. The standard InChI is InChI=1S/HNO3.NO3.Pd/c2*2-1(3)4;/h(H,2,3,4);;/q;-1;+2. The third-order valence-electron chi connectivity index (χ3n) is 0. The van der Waals surface area contributed by atoms with Gasteiger partial charge in [-0.05, 0) is 0 Å². The summed E-state index contributed by atoms with van der Waals surface area (Å²) in [5.41, 5.74) is 0. The van der Waals surface area contributed by atoms with Crippen LogP contribution >= 0.6 is 0 Å². The summed E-state index contributed by atoms with van der Waals surface area (Å²) >= 11 is 0. The average Bonchev–Trinajstić information content (AvgIpc) is 1.25. The van der Waals surface area contributed by atoms with E-state index in [0.717, 1.165) is 0 Å². The smallest absolute Gasteiger partial charge is 0.356 e. The summed E-state index contributed by atoms with van der Waals surface area (Å²) < 4.78 is 0. The minimum atomic E-state index is -1.75. The Kier molecular flexibility index (Phi) is 17.7. The van der Waals surface area contributed by atoms with E-state index in [-0.39, 0.29) is 20.4 Å². The van der Waals surface area contributed by atoms with Gasteiger partial charge in [0.15, 0.2) is 0 Å². The molecule has 0 aromatic rings. The van der Waals surface area contributed by atoms with E-state index in [9.17, 15) is 0 Å². The topological polar surface area (TPSA) is 130 Å². The van der Waals surface area contributed by atoms with Gasteiger partial charge in [0.1, 0.15) is 0 Å². The molecule has 0 amide bonds. The number of hydrogen-bond donors (Lipinski definition) is 1. The third kappa shape index (κ3) is 206. The van der Waals surface area contributed by atoms with Crippen LogP contribution in [0.1, 0.15) is 0 Å². The fourth-order valence-electron chi connectivity index (χ4n) is 0. The van der Waals surface area contributed by atoms with Crippen molar-refractivity contribution < 1.29 is 35.8 Å². The Bertz CT molecular complexity index is 69.1. The van der Waals surface area contributed by atoms with Crippen molar-refractivity contribution in [3.05, 3.63) is 25.4 Å². The van der Waals surface area contributed by atoms with E-state index in [1.54, 1.807) is 0 Å². The Morgan fingerprint density at radius 2 is 1.11 bits per heavy atom. The van der Waals surface area contributed by atoms with Crippen molar-refractivity contribution in [2.45, 2.75) is 0 Å². The normalized spacial score (nSPS) is 5.33. The molecule has 0 spiro atoms. The van der Waals surface area contributed by atoms with Gasteiger partial charge in [0.25, 0.3) is 5.09 Å². The van der Waals surface area contributed by atoms with E-state index >= 15 is 0 Å². The van der Waals surface area contributed by atoms with Crippen LogP contribution in [-0.4, -0.2) is 15.4 Å². The van der Waals surface area contributed by atoms with E-state index in [4.69, 9.17) is 30.6 Å². The molecule has 0 heterocycles. The van der Waals surface area contributed by atoms with Gasteiger partial charge in [-0.15, -0.1) is 10.1 Å². The van der Waals surface area contributed by atoms with Crippen LogP contribution in [0.2, 0.25) is 0 Å². The SMILES string of the molecule is O=[N+]([O-])O.O=[N+]([O-])[O-].[Pd+2]. The van der Waals surface area contributed by atoms with Crippen molar-refractivity contribution in [3.8, 4) is 0 Å². The summed E-state index contributed by atoms with van der Waals surface area (Å²) in [5, 5.41) is 28.4. The average molecular weight is 231 g/mol. The molecule has 8 nitrogen and oxygen atoms in total. The maximum absolute atomic E-state index is 8.36. The zero-order valence-corrected chi connectivity index (χ0v) is 5.25. The van der Waals surface area contributed by atoms with Gasteiger partial charge in [0.2, 0.25) is 0 Å². The second-order valence-electron chi connectivity index (χ2n) is 0.461. The molecule has 0 atom stereocenters. The Labute approximate surface area is 62.0 Å². The van der Waals surface area contributed by atoms with Crippen molar-refractivity contribution in [2.75, 3.05) is 0 Å². The molecule has 0 fully saturated rings. The Balaban J connectivity index is -0.0000000720. The molecule has 0 aliphatic carbocycles. The van der Waals surface area contributed by atoms with Crippen molar-refractivity contribution in [2.24, 2.45) is 0 Å². The van der Waals surface area contributed by atoms with E-state index < -0.39 is 10.2 Å². The van der Waals surface area contributed by atoms with Crippen molar-refractivity contribution in [1.29, 1.82) is 0 Å². The zero-order valence-electron chi connectivity index (χ0n) is 3.70. The Morgan fingerprint density at radius 3 is 1.11 bits per heavy atom. The first-order valence-corrected chi connectivity index (χ1v) is 1.11. The molecule has 0 aromatic carbocycles. The van der Waals surface area contributed by atoms with Crippen LogP contribution in [0.3, 0.4) is 0 Å². The second kappa shape index (κ2) is 10.1. The van der Waals surface area contributed by atoms with E-state index in [0.29, 0.717) is 0 Å². The Morgan fingerprint density at radius 1 is 1.11 bits per heavy atom. The first-order chi connectivity index (χ1) is 3.46. The van der Waals surface area contributed by atoms with Crippen LogP contribution in [0.15, 0.2) is 0 Å². The molecular formula is HN2O6Pd+. The molecule has 1 N–H and O–H groups in total. The fraction of sp³-hybridized carbons (Fsp3) is 0. The predicted octanol–water partition coefficient (Wildman–Crippen LogP) is -0.589. The van der Waals surface area contributed by atoms with Crippen LogP contribution in [0, 0.1) is 25.4 Å². The molecule has 9 heavy (non-hydrogen) atoms. The minimum Gasteiger partial charge on any atom is -0.356 e. The van der Waals surface area contributed by atoms with E-state index in [1.807, 2.05) is 0 Å². The quantitative estimate of drug-likeness (QED) is 0.337. The van der Waals surface area contributed by atoms with Gasteiger partial charge < -0.3 is 20.5 Å². The monoisotopic (exact) mass is 231 g/mol.